The first-order chi connectivity index (χ1) is 13.9. The van der Waals surface area contributed by atoms with E-state index >= 15 is 0 Å². The summed E-state index contributed by atoms with van der Waals surface area (Å²) in [5.74, 6) is 1.37. The summed E-state index contributed by atoms with van der Waals surface area (Å²) >= 11 is 0. The SMILES string of the molecule is Cc1cc(C)n(CCC(=O)N2CCC(c3nn(C)c(=O)n3C3CCCC3)CC2)n1. The van der Waals surface area contributed by atoms with E-state index in [0.29, 0.717) is 19.0 Å². The summed E-state index contributed by atoms with van der Waals surface area (Å²) in [7, 11) is 1.74. The largest absolute Gasteiger partial charge is 0.345 e. The van der Waals surface area contributed by atoms with Crippen molar-refractivity contribution in [3.05, 3.63) is 33.8 Å². The Balaban J connectivity index is 1.37. The minimum Gasteiger partial charge on any atom is -0.343 e. The van der Waals surface area contributed by atoms with Gasteiger partial charge in [-0.1, -0.05) is 12.8 Å². The van der Waals surface area contributed by atoms with Crippen molar-refractivity contribution in [2.45, 2.75) is 77.3 Å². The maximum atomic E-state index is 12.7. The third-order valence-corrected chi connectivity index (χ3v) is 6.53. The smallest absolute Gasteiger partial charge is 0.343 e. The van der Waals surface area contributed by atoms with Crippen LogP contribution in [0.25, 0.3) is 0 Å². The van der Waals surface area contributed by atoms with E-state index in [4.69, 9.17) is 0 Å². The fourth-order valence-corrected chi connectivity index (χ4v) is 4.93. The van der Waals surface area contributed by atoms with Gasteiger partial charge in [0.15, 0.2) is 0 Å². The molecule has 1 amide bonds. The van der Waals surface area contributed by atoms with Gasteiger partial charge in [0.25, 0.3) is 0 Å². The van der Waals surface area contributed by atoms with Crippen molar-refractivity contribution >= 4 is 5.91 Å². The lowest BCUT2D eigenvalue weighted by atomic mass is 9.95. The molecule has 2 aromatic heterocycles. The third-order valence-electron chi connectivity index (χ3n) is 6.53. The molecule has 0 radical (unpaired) electrons. The second kappa shape index (κ2) is 8.16. The summed E-state index contributed by atoms with van der Waals surface area (Å²) in [6, 6.07) is 2.33. The number of hydrogen-bond donors (Lipinski definition) is 0. The van der Waals surface area contributed by atoms with Gasteiger partial charge in [0.05, 0.1) is 5.69 Å². The van der Waals surface area contributed by atoms with Crippen LogP contribution in [0.1, 0.15) is 74.1 Å². The standard InChI is InChI=1S/C21H32N6O2/c1-15-14-16(2)26(22-15)13-10-19(28)25-11-8-17(9-12-25)20-23-24(3)21(29)27(20)18-6-4-5-7-18/h14,17-18H,4-13H2,1-3H3. The first kappa shape index (κ1) is 19.9. The molecule has 2 aromatic rings. The zero-order valence-electron chi connectivity index (χ0n) is 17.8. The molecule has 1 aliphatic heterocycles. The van der Waals surface area contributed by atoms with Crippen molar-refractivity contribution in [1.82, 2.24) is 29.0 Å². The predicted octanol–water partition coefficient (Wildman–Crippen LogP) is 2.31. The highest BCUT2D eigenvalue weighted by atomic mass is 16.2. The van der Waals surface area contributed by atoms with Crippen molar-refractivity contribution < 1.29 is 4.79 Å². The maximum Gasteiger partial charge on any atom is 0.345 e. The van der Waals surface area contributed by atoms with Crippen LogP contribution in [0.3, 0.4) is 0 Å². The van der Waals surface area contributed by atoms with Crippen molar-refractivity contribution in [2.75, 3.05) is 13.1 Å². The van der Waals surface area contributed by atoms with E-state index in [1.165, 1.54) is 17.5 Å². The number of carbonyl (C=O) groups is 1. The molecule has 0 bridgehead atoms. The van der Waals surface area contributed by atoms with Gasteiger partial charge in [-0.3, -0.25) is 14.0 Å². The second-order valence-electron chi connectivity index (χ2n) is 8.63. The molecule has 0 atom stereocenters. The quantitative estimate of drug-likeness (QED) is 0.772. The highest BCUT2D eigenvalue weighted by Crippen LogP contribution is 2.33. The van der Waals surface area contributed by atoms with Gasteiger partial charge in [0, 0.05) is 50.8 Å². The topological polar surface area (TPSA) is 78.0 Å². The molecule has 3 heterocycles. The van der Waals surface area contributed by atoms with Crippen molar-refractivity contribution in [3.63, 3.8) is 0 Å². The van der Waals surface area contributed by atoms with E-state index in [1.807, 2.05) is 34.1 Å². The molecule has 8 nitrogen and oxygen atoms in total. The molecule has 29 heavy (non-hydrogen) atoms. The summed E-state index contributed by atoms with van der Waals surface area (Å²) in [5.41, 5.74) is 2.09. The lowest BCUT2D eigenvalue weighted by Crippen LogP contribution is -2.39. The van der Waals surface area contributed by atoms with E-state index in [-0.39, 0.29) is 17.5 Å². The summed E-state index contributed by atoms with van der Waals surface area (Å²) in [4.78, 5) is 27.3. The first-order valence-corrected chi connectivity index (χ1v) is 10.9. The molecule has 0 N–H and O–H groups in total. The molecule has 2 fully saturated rings. The average molecular weight is 401 g/mol. The third kappa shape index (κ3) is 4.02. The van der Waals surface area contributed by atoms with E-state index in [2.05, 4.69) is 10.2 Å². The van der Waals surface area contributed by atoms with Crippen LogP contribution in [-0.2, 0) is 18.4 Å². The number of piperidine rings is 1. The Morgan fingerprint density at radius 3 is 2.41 bits per heavy atom. The maximum absolute atomic E-state index is 12.7. The predicted molar refractivity (Wildman–Crippen MR) is 110 cm³/mol. The van der Waals surface area contributed by atoms with E-state index < -0.39 is 0 Å². The molecule has 8 heteroatoms. The Kier molecular flexibility index (Phi) is 5.61. The van der Waals surface area contributed by atoms with Crippen LogP contribution >= 0.6 is 0 Å². The molecule has 1 aliphatic carbocycles. The molecule has 2 aliphatic rings. The van der Waals surface area contributed by atoms with Crippen molar-refractivity contribution in [2.24, 2.45) is 7.05 Å². The number of aromatic nitrogens is 5. The highest BCUT2D eigenvalue weighted by Gasteiger charge is 2.31. The number of amides is 1. The van der Waals surface area contributed by atoms with Gasteiger partial charge < -0.3 is 4.90 Å². The molecule has 0 spiro atoms. The number of rotatable bonds is 5. The van der Waals surface area contributed by atoms with Gasteiger partial charge in [-0.05, 0) is 45.6 Å². The van der Waals surface area contributed by atoms with Crippen LogP contribution in [0, 0.1) is 13.8 Å². The minimum atomic E-state index is 0.00953. The Labute approximate surface area is 171 Å². The number of nitrogens with zero attached hydrogens (tertiary/aromatic N) is 6. The molecule has 158 valence electrons. The van der Waals surface area contributed by atoms with Crippen LogP contribution < -0.4 is 5.69 Å². The first-order valence-electron chi connectivity index (χ1n) is 10.9. The number of aryl methyl sites for hydroxylation is 4. The van der Waals surface area contributed by atoms with Gasteiger partial charge in [0.2, 0.25) is 5.91 Å². The van der Waals surface area contributed by atoms with E-state index in [9.17, 15) is 9.59 Å². The molecule has 4 rings (SSSR count). The van der Waals surface area contributed by atoms with Gasteiger partial charge >= 0.3 is 5.69 Å². The Bertz CT molecular complexity index is 926. The number of hydrogen-bond acceptors (Lipinski definition) is 4. The van der Waals surface area contributed by atoms with Gasteiger partial charge in [-0.2, -0.15) is 10.2 Å². The Hall–Kier alpha value is -2.38. The highest BCUT2D eigenvalue weighted by molar-refractivity contribution is 5.76. The zero-order valence-corrected chi connectivity index (χ0v) is 17.8. The molecule has 0 aromatic carbocycles. The lowest BCUT2D eigenvalue weighted by molar-refractivity contribution is -0.132. The van der Waals surface area contributed by atoms with E-state index in [0.717, 1.165) is 56.0 Å². The zero-order chi connectivity index (χ0) is 20.5. The molecular formula is C21H32N6O2. The molecular weight excluding hydrogens is 368 g/mol. The monoisotopic (exact) mass is 400 g/mol. The van der Waals surface area contributed by atoms with Crippen LogP contribution in [0.2, 0.25) is 0 Å². The van der Waals surface area contributed by atoms with Crippen LogP contribution in [0.15, 0.2) is 10.9 Å². The summed E-state index contributed by atoms with van der Waals surface area (Å²) in [5, 5.41) is 9.03. The Morgan fingerprint density at radius 1 is 1.10 bits per heavy atom. The lowest BCUT2D eigenvalue weighted by Gasteiger charge is -2.32. The molecule has 1 saturated heterocycles. The summed E-state index contributed by atoms with van der Waals surface area (Å²) in [6.07, 6.45) is 6.73. The summed E-state index contributed by atoms with van der Waals surface area (Å²) < 4.78 is 5.35. The Morgan fingerprint density at radius 2 is 1.79 bits per heavy atom. The van der Waals surface area contributed by atoms with Crippen LogP contribution in [0.4, 0.5) is 0 Å². The van der Waals surface area contributed by atoms with Crippen molar-refractivity contribution in [3.8, 4) is 0 Å². The minimum absolute atomic E-state index is 0.00953. The number of carbonyl (C=O) groups excluding carboxylic acids is 1. The van der Waals surface area contributed by atoms with Crippen LogP contribution in [0.5, 0.6) is 0 Å². The normalized spacial score (nSPS) is 18.7. The molecule has 1 saturated carbocycles. The van der Waals surface area contributed by atoms with Crippen LogP contribution in [-0.4, -0.2) is 48.0 Å². The average Bonchev–Trinajstić information content (AvgIpc) is 3.41. The summed E-state index contributed by atoms with van der Waals surface area (Å²) in [6.45, 7) is 6.08. The van der Waals surface area contributed by atoms with Crippen molar-refractivity contribution in [1.29, 1.82) is 0 Å². The fourth-order valence-electron chi connectivity index (χ4n) is 4.93. The molecule has 0 unspecified atom stereocenters. The van der Waals surface area contributed by atoms with Gasteiger partial charge in [-0.25, -0.2) is 9.48 Å². The second-order valence-corrected chi connectivity index (χ2v) is 8.63. The fraction of sp³-hybridized carbons (Fsp3) is 0.714. The number of likely N-dealkylation sites (tertiary alicyclic amines) is 1. The van der Waals surface area contributed by atoms with Gasteiger partial charge in [-0.15, -0.1) is 0 Å². The van der Waals surface area contributed by atoms with E-state index in [1.54, 1.807) is 7.05 Å². The van der Waals surface area contributed by atoms with Gasteiger partial charge in [0.1, 0.15) is 5.82 Å².